The van der Waals surface area contributed by atoms with E-state index in [2.05, 4.69) is 0 Å². The minimum atomic E-state index is 0.310. The molecule has 1 rings (SSSR count). The van der Waals surface area contributed by atoms with Gasteiger partial charge in [-0.3, -0.25) is 4.79 Å². The summed E-state index contributed by atoms with van der Waals surface area (Å²) < 4.78 is 0. The van der Waals surface area contributed by atoms with Gasteiger partial charge in [0.2, 0.25) is 5.91 Å². The van der Waals surface area contributed by atoms with Crippen LogP contribution in [0.15, 0.2) is 0 Å². The SMILES string of the molecule is CN(C)CCC(=O)N1CCC1. The predicted molar refractivity (Wildman–Crippen MR) is 44.4 cm³/mol. The zero-order valence-corrected chi connectivity index (χ0v) is 7.34. The highest BCUT2D eigenvalue weighted by Crippen LogP contribution is 2.07. The van der Waals surface area contributed by atoms with Crippen LogP contribution in [0.2, 0.25) is 0 Å². The summed E-state index contributed by atoms with van der Waals surface area (Å²) in [4.78, 5) is 15.2. The van der Waals surface area contributed by atoms with Crippen molar-refractivity contribution in [2.24, 2.45) is 0 Å². The third kappa shape index (κ3) is 2.50. The van der Waals surface area contributed by atoms with Gasteiger partial charge in [0.1, 0.15) is 0 Å². The summed E-state index contributed by atoms with van der Waals surface area (Å²) in [6.07, 6.45) is 1.86. The molecule has 1 heterocycles. The number of nitrogens with zero attached hydrogens (tertiary/aromatic N) is 2. The Morgan fingerprint density at radius 3 is 2.45 bits per heavy atom. The number of amides is 1. The monoisotopic (exact) mass is 156 g/mol. The Kier molecular flexibility index (Phi) is 2.88. The summed E-state index contributed by atoms with van der Waals surface area (Å²) in [6, 6.07) is 0. The zero-order chi connectivity index (χ0) is 8.27. The first kappa shape index (κ1) is 8.53. The van der Waals surface area contributed by atoms with Gasteiger partial charge in [-0.05, 0) is 20.5 Å². The van der Waals surface area contributed by atoms with Crippen LogP contribution in [0.5, 0.6) is 0 Å². The maximum Gasteiger partial charge on any atom is 0.223 e. The molecule has 1 amide bonds. The number of carbonyl (C=O) groups is 1. The third-order valence-electron chi connectivity index (χ3n) is 1.98. The first-order valence-electron chi connectivity index (χ1n) is 4.12. The Hall–Kier alpha value is -0.570. The smallest absolute Gasteiger partial charge is 0.223 e. The summed E-state index contributed by atoms with van der Waals surface area (Å²) in [7, 11) is 3.98. The Morgan fingerprint density at radius 2 is 2.09 bits per heavy atom. The number of carbonyl (C=O) groups excluding carboxylic acids is 1. The molecular weight excluding hydrogens is 140 g/mol. The lowest BCUT2D eigenvalue weighted by Crippen LogP contribution is -2.42. The van der Waals surface area contributed by atoms with Gasteiger partial charge in [0.25, 0.3) is 0 Å². The largest absolute Gasteiger partial charge is 0.343 e. The molecular formula is C8H16N2O. The second kappa shape index (κ2) is 3.72. The third-order valence-corrected chi connectivity index (χ3v) is 1.98. The van der Waals surface area contributed by atoms with Gasteiger partial charge in [-0.25, -0.2) is 0 Å². The molecule has 0 N–H and O–H groups in total. The van der Waals surface area contributed by atoms with Crippen LogP contribution < -0.4 is 0 Å². The van der Waals surface area contributed by atoms with E-state index < -0.39 is 0 Å². The maximum atomic E-state index is 11.2. The van der Waals surface area contributed by atoms with E-state index in [0.717, 1.165) is 19.6 Å². The molecule has 0 unspecified atom stereocenters. The summed E-state index contributed by atoms with van der Waals surface area (Å²) in [5.41, 5.74) is 0. The molecule has 0 aromatic heterocycles. The maximum absolute atomic E-state index is 11.2. The molecule has 1 fully saturated rings. The Bertz CT molecular complexity index is 141. The van der Waals surface area contributed by atoms with Gasteiger partial charge in [-0.2, -0.15) is 0 Å². The fraction of sp³-hybridized carbons (Fsp3) is 0.875. The minimum absolute atomic E-state index is 0.310. The second-order valence-electron chi connectivity index (χ2n) is 3.29. The van der Waals surface area contributed by atoms with Crippen LogP contribution in [-0.4, -0.2) is 49.4 Å². The lowest BCUT2D eigenvalue weighted by molar-refractivity contribution is -0.134. The van der Waals surface area contributed by atoms with Crippen LogP contribution in [0.1, 0.15) is 12.8 Å². The molecule has 0 radical (unpaired) electrons. The fourth-order valence-corrected chi connectivity index (χ4v) is 1.04. The predicted octanol–water partition coefficient (Wildman–Crippen LogP) is 0.170. The van der Waals surface area contributed by atoms with Crippen LogP contribution in [0.25, 0.3) is 0 Å². The van der Waals surface area contributed by atoms with Gasteiger partial charge in [0, 0.05) is 26.1 Å². The highest BCUT2D eigenvalue weighted by molar-refractivity contribution is 5.77. The van der Waals surface area contributed by atoms with E-state index in [-0.39, 0.29) is 0 Å². The fourth-order valence-electron chi connectivity index (χ4n) is 1.04. The van der Waals surface area contributed by atoms with E-state index in [9.17, 15) is 4.79 Å². The van der Waals surface area contributed by atoms with Crippen molar-refractivity contribution in [2.75, 3.05) is 33.7 Å². The highest BCUT2D eigenvalue weighted by Gasteiger charge is 2.19. The van der Waals surface area contributed by atoms with E-state index in [1.54, 1.807) is 0 Å². The van der Waals surface area contributed by atoms with Crippen molar-refractivity contribution in [3.63, 3.8) is 0 Å². The van der Waals surface area contributed by atoms with Crippen LogP contribution >= 0.6 is 0 Å². The first-order chi connectivity index (χ1) is 5.20. The van der Waals surface area contributed by atoms with Crippen molar-refractivity contribution in [1.82, 2.24) is 9.80 Å². The van der Waals surface area contributed by atoms with E-state index in [4.69, 9.17) is 0 Å². The number of rotatable bonds is 3. The van der Waals surface area contributed by atoms with E-state index in [0.29, 0.717) is 12.3 Å². The summed E-state index contributed by atoms with van der Waals surface area (Å²) in [5, 5.41) is 0. The average Bonchev–Trinajstić information content (AvgIpc) is 1.79. The molecule has 3 nitrogen and oxygen atoms in total. The highest BCUT2D eigenvalue weighted by atomic mass is 16.2. The first-order valence-corrected chi connectivity index (χ1v) is 4.12. The molecule has 11 heavy (non-hydrogen) atoms. The van der Waals surface area contributed by atoms with Gasteiger partial charge in [0.05, 0.1) is 0 Å². The van der Waals surface area contributed by atoms with Crippen molar-refractivity contribution in [2.45, 2.75) is 12.8 Å². The molecule has 0 saturated carbocycles. The van der Waals surface area contributed by atoms with Gasteiger partial charge >= 0.3 is 0 Å². The Balaban J connectivity index is 2.10. The summed E-state index contributed by atoms with van der Waals surface area (Å²) >= 11 is 0. The van der Waals surface area contributed by atoms with Gasteiger partial charge in [-0.15, -0.1) is 0 Å². The number of hydrogen-bond donors (Lipinski definition) is 0. The summed E-state index contributed by atoms with van der Waals surface area (Å²) in [6.45, 7) is 2.83. The van der Waals surface area contributed by atoms with Gasteiger partial charge in [0.15, 0.2) is 0 Å². The van der Waals surface area contributed by atoms with Crippen LogP contribution in [0.4, 0.5) is 0 Å². The second-order valence-corrected chi connectivity index (χ2v) is 3.29. The molecule has 64 valence electrons. The lowest BCUT2D eigenvalue weighted by Gasteiger charge is -2.31. The molecule has 1 saturated heterocycles. The van der Waals surface area contributed by atoms with Crippen molar-refractivity contribution in [3.8, 4) is 0 Å². The van der Waals surface area contributed by atoms with Gasteiger partial charge in [-0.1, -0.05) is 0 Å². The van der Waals surface area contributed by atoms with Crippen LogP contribution in [0.3, 0.4) is 0 Å². The molecule has 1 aliphatic heterocycles. The Labute approximate surface area is 68.0 Å². The minimum Gasteiger partial charge on any atom is -0.343 e. The van der Waals surface area contributed by atoms with Crippen LogP contribution in [0, 0.1) is 0 Å². The van der Waals surface area contributed by atoms with Crippen LogP contribution in [-0.2, 0) is 4.79 Å². The molecule has 0 aliphatic carbocycles. The molecule has 0 aromatic carbocycles. The molecule has 0 aromatic rings. The number of hydrogen-bond acceptors (Lipinski definition) is 2. The molecule has 0 spiro atoms. The average molecular weight is 156 g/mol. The van der Waals surface area contributed by atoms with Crippen molar-refractivity contribution >= 4 is 5.91 Å². The van der Waals surface area contributed by atoms with Crippen molar-refractivity contribution in [1.29, 1.82) is 0 Å². The van der Waals surface area contributed by atoms with E-state index in [1.807, 2.05) is 23.9 Å². The van der Waals surface area contributed by atoms with E-state index >= 15 is 0 Å². The molecule has 3 heteroatoms. The quantitative estimate of drug-likeness (QED) is 0.581. The Morgan fingerprint density at radius 1 is 1.45 bits per heavy atom. The molecule has 0 atom stereocenters. The summed E-state index contributed by atoms with van der Waals surface area (Å²) in [5.74, 6) is 0.310. The van der Waals surface area contributed by atoms with Crippen molar-refractivity contribution in [3.05, 3.63) is 0 Å². The topological polar surface area (TPSA) is 23.6 Å². The number of likely N-dealkylation sites (tertiary alicyclic amines) is 1. The lowest BCUT2D eigenvalue weighted by atomic mass is 10.2. The van der Waals surface area contributed by atoms with Crippen molar-refractivity contribution < 1.29 is 4.79 Å². The normalized spacial score (nSPS) is 16.8. The van der Waals surface area contributed by atoms with Gasteiger partial charge < -0.3 is 9.80 Å². The molecule has 0 bridgehead atoms. The van der Waals surface area contributed by atoms with E-state index in [1.165, 1.54) is 6.42 Å². The zero-order valence-electron chi connectivity index (χ0n) is 7.34. The molecule has 1 aliphatic rings. The standard InChI is InChI=1S/C8H16N2O/c1-9(2)7-4-8(11)10-5-3-6-10/h3-7H2,1-2H3.